The molecule has 94 valence electrons. The van der Waals surface area contributed by atoms with E-state index in [2.05, 4.69) is 5.32 Å². The van der Waals surface area contributed by atoms with Crippen LogP contribution in [0.3, 0.4) is 0 Å². The van der Waals surface area contributed by atoms with Crippen molar-refractivity contribution in [3.05, 3.63) is 23.3 Å². The van der Waals surface area contributed by atoms with Gasteiger partial charge in [0.15, 0.2) is 11.5 Å². The van der Waals surface area contributed by atoms with Crippen molar-refractivity contribution in [2.45, 2.75) is 31.7 Å². The molecular formula is C13H18BrNO2. The van der Waals surface area contributed by atoms with Gasteiger partial charge in [-0.1, -0.05) is 6.07 Å². The fraction of sp³-hybridized carbons (Fsp3) is 0.538. The van der Waals surface area contributed by atoms with E-state index in [1.54, 1.807) is 6.07 Å². The number of rotatable bonds is 0. The van der Waals surface area contributed by atoms with Gasteiger partial charge >= 0.3 is 0 Å². The van der Waals surface area contributed by atoms with Crippen LogP contribution in [0.25, 0.3) is 0 Å². The molecule has 1 aromatic rings. The lowest BCUT2D eigenvalue weighted by atomic mass is 9.76. The van der Waals surface area contributed by atoms with Crippen LogP contribution in [-0.2, 0) is 12.8 Å². The highest BCUT2D eigenvalue weighted by Crippen LogP contribution is 2.39. The minimum Gasteiger partial charge on any atom is -0.504 e. The monoisotopic (exact) mass is 299 g/mol. The highest BCUT2D eigenvalue weighted by Gasteiger charge is 2.32. The first-order valence-electron chi connectivity index (χ1n) is 6.02. The summed E-state index contributed by atoms with van der Waals surface area (Å²) >= 11 is 0. The second-order valence-corrected chi connectivity index (χ2v) is 4.94. The van der Waals surface area contributed by atoms with Crippen molar-refractivity contribution in [3.8, 4) is 11.5 Å². The Morgan fingerprint density at radius 1 is 1.18 bits per heavy atom. The van der Waals surface area contributed by atoms with Crippen LogP contribution in [-0.4, -0.2) is 22.8 Å². The quantitative estimate of drug-likeness (QED) is 0.644. The second kappa shape index (κ2) is 4.86. The molecule has 1 aromatic carbocycles. The van der Waals surface area contributed by atoms with Gasteiger partial charge in [-0.3, -0.25) is 0 Å². The molecule has 1 heterocycles. The van der Waals surface area contributed by atoms with Crippen LogP contribution in [0.15, 0.2) is 12.1 Å². The second-order valence-electron chi connectivity index (χ2n) is 4.94. The number of piperidine rings is 1. The minimum absolute atomic E-state index is 0. The first-order chi connectivity index (χ1) is 7.75. The zero-order valence-electron chi connectivity index (χ0n) is 9.65. The number of halogens is 1. The third-order valence-electron chi connectivity index (χ3n) is 3.99. The maximum Gasteiger partial charge on any atom is 0.160 e. The van der Waals surface area contributed by atoms with Gasteiger partial charge in [0, 0.05) is 11.6 Å². The summed E-state index contributed by atoms with van der Waals surface area (Å²) in [5, 5.41) is 22.9. The molecule has 0 spiro atoms. The van der Waals surface area contributed by atoms with Crippen molar-refractivity contribution in [2.24, 2.45) is 5.92 Å². The van der Waals surface area contributed by atoms with Gasteiger partial charge in [0.05, 0.1) is 0 Å². The molecule has 1 aliphatic carbocycles. The summed E-state index contributed by atoms with van der Waals surface area (Å²) in [7, 11) is 0. The Hall–Kier alpha value is -0.740. The molecule has 3 nitrogen and oxygen atoms in total. The molecule has 17 heavy (non-hydrogen) atoms. The summed E-state index contributed by atoms with van der Waals surface area (Å²) in [5.74, 6) is 0.733. The molecule has 3 rings (SSSR count). The highest BCUT2D eigenvalue weighted by molar-refractivity contribution is 8.93. The molecule has 0 bridgehead atoms. The van der Waals surface area contributed by atoms with Crippen molar-refractivity contribution in [2.75, 3.05) is 6.54 Å². The summed E-state index contributed by atoms with van der Waals surface area (Å²) in [5.41, 5.74) is 2.15. The van der Waals surface area contributed by atoms with Gasteiger partial charge in [-0.2, -0.15) is 0 Å². The Kier molecular flexibility index (Phi) is 3.64. The SMILES string of the molecule is Br.Oc1ccc2c(c1O)C[C@H]1CCCN[C@@H]1C2. The molecule has 0 aromatic heterocycles. The lowest BCUT2D eigenvalue weighted by molar-refractivity contribution is 0.259. The van der Waals surface area contributed by atoms with E-state index in [0.29, 0.717) is 12.0 Å². The van der Waals surface area contributed by atoms with Crippen molar-refractivity contribution in [1.82, 2.24) is 5.32 Å². The average molecular weight is 300 g/mol. The Morgan fingerprint density at radius 3 is 2.82 bits per heavy atom. The summed E-state index contributed by atoms with van der Waals surface area (Å²) < 4.78 is 0. The van der Waals surface area contributed by atoms with Gasteiger partial charge in [0.2, 0.25) is 0 Å². The van der Waals surface area contributed by atoms with Crippen LogP contribution >= 0.6 is 17.0 Å². The molecule has 0 unspecified atom stereocenters. The summed E-state index contributed by atoms with van der Waals surface area (Å²) in [6.07, 6.45) is 4.32. The van der Waals surface area contributed by atoms with Crippen molar-refractivity contribution in [1.29, 1.82) is 0 Å². The summed E-state index contributed by atoms with van der Waals surface area (Å²) in [6.45, 7) is 1.11. The van der Waals surface area contributed by atoms with Crippen LogP contribution in [0.4, 0.5) is 0 Å². The number of benzene rings is 1. The first kappa shape index (κ1) is 12.7. The zero-order valence-corrected chi connectivity index (χ0v) is 11.4. The number of aromatic hydroxyl groups is 2. The van der Waals surface area contributed by atoms with E-state index in [-0.39, 0.29) is 28.5 Å². The molecule has 2 aliphatic rings. The Balaban J connectivity index is 0.00000108. The van der Waals surface area contributed by atoms with Gasteiger partial charge in [-0.15, -0.1) is 17.0 Å². The van der Waals surface area contributed by atoms with E-state index in [1.165, 1.54) is 18.4 Å². The maximum absolute atomic E-state index is 9.86. The van der Waals surface area contributed by atoms with Crippen LogP contribution in [0.1, 0.15) is 24.0 Å². The smallest absolute Gasteiger partial charge is 0.160 e. The van der Waals surface area contributed by atoms with Crippen LogP contribution in [0, 0.1) is 5.92 Å². The number of phenolic OH excluding ortho intramolecular Hbond substituents is 2. The lowest BCUT2D eigenvalue weighted by Gasteiger charge is -2.37. The molecule has 3 N–H and O–H groups in total. The third kappa shape index (κ3) is 2.16. The number of hydrogen-bond acceptors (Lipinski definition) is 3. The van der Waals surface area contributed by atoms with E-state index in [0.717, 1.165) is 24.9 Å². The molecule has 0 radical (unpaired) electrons. The fourth-order valence-corrected chi connectivity index (χ4v) is 3.09. The highest BCUT2D eigenvalue weighted by atomic mass is 79.9. The molecular weight excluding hydrogens is 282 g/mol. The van der Waals surface area contributed by atoms with Gasteiger partial charge in [-0.05, 0) is 49.8 Å². The van der Waals surface area contributed by atoms with E-state index >= 15 is 0 Å². The maximum atomic E-state index is 9.86. The number of hydrogen-bond donors (Lipinski definition) is 3. The topological polar surface area (TPSA) is 52.5 Å². The van der Waals surface area contributed by atoms with Crippen LogP contribution in [0.2, 0.25) is 0 Å². The van der Waals surface area contributed by atoms with Crippen molar-refractivity contribution < 1.29 is 10.2 Å². The van der Waals surface area contributed by atoms with Crippen molar-refractivity contribution in [3.63, 3.8) is 0 Å². The first-order valence-corrected chi connectivity index (χ1v) is 6.02. The van der Waals surface area contributed by atoms with E-state index < -0.39 is 0 Å². The fourth-order valence-electron chi connectivity index (χ4n) is 3.09. The number of nitrogens with one attached hydrogen (secondary N) is 1. The van der Waals surface area contributed by atoms with Crippen LogP contribution < -0.4 is 5.32 Å². The van der Waals surface area contributed by atoms with E-state index in [4.69, 9.17) is 0 Å². The third-order valence-corrected chi connectivity index (χ3v) is 3.99. The largest absolute Gasteiger partial charge is 0.504 e. The van der Waals surface area contributed by atoms with E-state index in [1.807, 2.05) is 6.07 Å². The van der Waals surface area contributed by atoms with Gasteiger partial charge in [0.25, 0.3) is 0 Å². The molecule has 1 aliphatic heterocycles. The Bertz CT molecular complexity index is 422. The van der Waals surface area contributed by atoms with Gasteiger partial charge in [0.1, 0.15) is 0 Å². The van der Waals surface area contributed by atoms with E-state index in [9.17, 15) is 10.2 Å². The zero-order chi connectivity index (χ0) is 11.1. The predicted octanol–water partition coefficient (Wildman–Crippen LogP) is 2.14. The predicted molar refractivity (Wildman–Crippen MR) is 72.0 cm³/mol. The molecule has 0 amide bonds. The minimum atomic E-state index is 0. The summed E-state index contributed by atoms with van der Waals surface area (Å²) in [4.78, 5) is 0. The van der Waals surface area contributed by atoms with Crippen molar-refractivity contribution >= 4 is 17.0 Å². The molecule has 4 heteroatoms. The number of phenols is 2. The standard InChI is InChI=1S/C13H17NO2.BrH/c15-12-4-3-8-7-11-9(2-1-5-14-11)6-10(8)13(12)16;/h3-4,9,11,14-16H,1-2,5-7H2;1H/t9-,11-;/m1./s1. The Morgan fingerprint density at radius 2 is 2.00 bits per heavy atom. The van der Waals surface area contributed by atoms with Crippen LogP contribution in [0.5, 0.6) is 11.5 Å². The number of fused-ring (bicyclic) bond motifs is 2. The average Bonchev–Trinajstić information content (AvgIpc) is 2.32. The summed E-state index contributed by atoms with van der Waals surface area (Å²) in [6, 6.07) is 4.10. The Labute approximate surface area is 112 Å². The lowest BCUT2D eigenvalue weighted by Crippen LogP contribution is -2.45. The molecule has 1 fully saturated rings. The van der Waals surface area contributed by atoms with Gasteiger partial charge in [-0.25, -0.2) is 0 Å². The molecule has 0 saturated carbocycles. The normalized spacial score (nSPS) is 26.6. The molecule has 2 atom stereocenters. The van der Waals surface area contributed by atoms with Gasteiger partial charge < -0.3 is 15.5 Å². The molecule has 1 saturated heterocycles.